The second kappa shape index (κ2) is 4.63. The molecule has 0 spiro atoms. The molecule has 7 heteroatoms. The average molecular weight is 220 g/mol. The molecular formula is C8H10BF3NO2-. The van der Waals surface area contributed by atoms with Crippen LogP contribution in [0, 0.1) is 0 Å². The Bertz CT molecular complexity index is 311. The van der Waals surface area contributed by atoms with E-state index >= 15 is 0 Å². The number of pyridine rings is 1. The van der Waals surface area contributed by atoms with Crippen molar-refractivity contribution < 1.29 is 22.4 Å². The van der Waals surface area contributed by atoms with E-state index in [1.165, 1.54) is 20.3 Å². The van der Waals surface area contributed by atoms with Crippen LogP contribution in [0.5, 0.6) is 0 Å². The van der Waals surface area contributed by atoms with Crippen LogP contribution in [0.1, 0.15) is 12.0 Å². The molecule has 0 saturated heterocycles. The molecule has 0 aromatic carbocycles. The van der Waals surface area contributed by atoms with Crippen molar-refractivity contribution in [3.05, 3.63) is 24.0 Å². The van der Waals surface area contributed by atoms with E-state index in [0.717, 1.165) is 12.3 Å². The topological polar surface area (TPSA) is 31.4 Å². The maximum absolute atomic E-state index is 12.2. The van der Waals surface area contributed by atoms with Gasteiger partial charge in [-0.25, -0.2) is 0 Å². The maximum Gasteiger partial charge on any atom is 0.511 e. The normalized spacial score (nSPS) is 12.1. The molecule has 1 aromatic rings. The van der Waals surface area contributed by atoms with Gasteiger partial charge in [0.15, 0.2) is 0 Å². The summed E-state index contributed by atoms with van der Waals surface area (Å²) < 4.78 is 46.4. The van der Waals surface area contributed by atoms with Crippen molar-refractivity contribution in [1.82, 2.24) is 4.98 Å². The number of methoxy groups -OCH3 is 2. The van der Waals surface area contributed by atoms with E-state index in [4.69, 9.17) is 9.47 Å². The zero-order chi connectivity index (χ0) is 11.5. The van der Waals surface area contributed by atoms with Gasteiger partial charge in [0, 0.05) is 20.4 Å². The molecule has 0 unspecified atom stereocenters. The summed E-state index contributed by atoms with van der Waals surface area (Å²) in [6, 6.07) is 2.20. The van der Waals surface area contributed by atoms with Gasteiger partial charge in [0.1, 0.15) is 0 Å². The maximum atomic E-state index is 12.2. The third kappa shape index (κ3) is 2.94. The Morgan fingerprint density at radius 2 is 1.80 bits per heavy atom. The Morgan fingerprint density at radius 3 is 2.13 bits per heavy atom. The first-order valence-corrected chi connectivity index (χ1v) is 4.20. The Balaban J connectivity index is 2.89. The van der Waals surface area contributed by atoms with E-state index in [9.17, 15) is 12.9 Å². The van der Waals surface area contributed by atoms with Crippen LogP contribution in [0.3, 0.4) is 0 Å². The molecule has 0 amide bonds. The lowest BCUT2D eigenvalue weighted by molar-refractivity contribution is -0.108. The highest BCUT2D eigenvalue weighted by Crippen LogP contribution is 2.14. The molecule has 1 heterocycles. The van der Waals surface area contributed by atoms with Gasteiger partial charge in [0.2, 0.25) is 6.29 Å². The Labute approximate surface area is 85.3 Å². The Kier molecular flexibility index (Phi) is 3.70. The third-order valence-corrected chi connectivity index (χ3v) is 1.86. The minimum atomic E-state index is -5.00. The van der Waals surface area contributed by atoms with Gasteiger partial charge in [-0.2, -0.15) is 0 Å². The lowest BCUT2D eigenvalue weighted by Crippen LogP contribution is -2.34. The molecule has 15 heavy (non-hydrogen) atoms. The van der Waals surface area contributed by atoms with Crippen LogP contribution >= 0.6 is 0 Å². The summed E-state index contributed by atoms with van der Waals surface area (Å²) in [5.74, 6) is 0. The van der Waals surface area contributed by atoms with Gasteiger partial charge in [0.05, 0.1) is 5.69 Å². The Hall–Kier alpha value is -1.08. The first-order chi connectivity index (χ1) is 6.99. The van der Waals surface area contributed by atoms with Gasteiger partial charge in [0.25, 0.3) is 0 Å². The highest BCUT2D eigenvalue weighted by Gasteiger charge is 2.26. The van der Waals surface area contributed by atoms with Crippen molar-refractivity contribution in [1.29, 1.82) is 0 Å². The molecule has 0 aliphatic heterocycles. The minimum Gasteiger partial charge on any atom is -0.445 e. The monoisotopic (exact) mass is 220 g/mol. The van der Waals surface area contributed by atoms with Crippen LogP contribution in [-0.4, -0.2) is 26.2 Å². The fourth-order valence-corrected chi connectivity index (χ4v) is 1.09. The predicted molar refractivity (Wildman–Crippen MR) is 49.7 cm³/mol. The van der Waals surface area contributed by atoms with Crippen molar-refractivity contribution in [3.8, 4) is 0 Å². The molecule has 0 saturated carbocycles. The van der Waals surface area contributed by atoms with E-state index in [2.05, 4.69) is 4.98 Å². The molecular weight excluding hydrogens is 210 g/mol. The zero-order valence-electron chi connectivity index (χ0n) is 8.28. The molecule has 0 bridgehead atoms. The molecule has 84 valence electrons. The van der Waals surface area contributed by atoms with Gasteiger partial charge >= 0.3 is 6.98 Å². The predicted octanol–water partition coefficient (Wildman–Crippen LogP) is 1.43. The number of halogens is 3. The van der Waals surface area contributed by atoms with Gasteiger partial charge in [-0.05, 0) is 6.07 Å². The number of aromatic nitrogens is 1. The first-order valence-electron chi connectivity index (χ1n) is 4.20. The van der Waals surface area contributed by atoms with Crippen molar-refractivity contribution in [2.24, 2.45) is 0 Å². The van der Waals surface area contributed by atoms with Gasteiger partial charge in [-0.3, -0.25) is 4.98 Å². The van der Waals surface area contributed by atoms with Crippen molar-refractivity contribution in [3.63, 3.8) is 0 Å². The van der Waals surface area contributed by atoms with Crippen LogP contribution in [0.15, 0.2) is 18.3 Å². The molecule has 1 rings (SSSR count). The third-order valence-electron chi connectivity index (χ3n) is 1.86. The number of rotatable bonds is 4. The van der Waals surface area contributed by atoms with Crippen molar-refractivity contribution in [2.45, 2.75) is 6.29 Å². The molecule has 0 aliphatic rings. The summed E-state index contributed by atoms with van der Waals surface area (Å²) >= 11 is 0. The van der Waals surface area contributed by atoms with E-state index in [1.807, 2.05) is 0 Å². The lowest BCUT2D eigenvalue weighted by atomic mass is 9.81. The van der Waals surface area contributed by atoms with E-state index in [1.54, 1.807) is 0 Å². The van der Waals surface area contributed by atoms with Crippen molar-refractivity contribution in [2.75, 3.05) is 14.2 Å². The summed E-state index contributed by atoms with van der Waals surface area (Å²) in [6.45, 7) is -5.00. The number of ether oxygens (including phenoxy) is 2. The molecule has 3 nitrogen and oxygen atoms in total. The summed E-state index contributed by atoms with van der Waals surface area (Å²) in [6.07, 6.45) is 0.0418. The zero-order valence-corrected chi connectivity index (χ0v) is 8.28. The number of hydrogen-bond donors (Lipinski definition) is 0. The van der Waals surface area contributed by atoms with Crippen LogP contribution in [0.4, 0.5) is 12.9 Å². The van der Waals surface area contributed by atoms with E-state index in [0.29, 0.717) is 5.69 Å². The molecule has 0 N–H and O–H groups in total. The molecule has 0 atom stereocenters. The van der Waals surface area contributed by atoms with Crippen molar-refractivity contribution >= 4 is 12.4 Å². The highest BCUT2D eigenvalue weighted by atomic mass is 19.4. The SMILES string of the molecule is COC(OC)c1ccc([B-](F)(F)F)cn1. The van der Waals surface area contributed by atoms with E-state index in [-0.39, 0.29) is 0 Å². The smallest absolute Gasteiger partial charge is 0.445 e. The van der Waals surface area contributed by atoms with Crippen LogP contribution in [0.25, 0.3) is 0 Å². The fraction of sp³-hybridized carbons (Fsp3) is 0.375. The largest absolute Gasteiger partial charge is 0.511 e. The number of nitrogens with zero attached hydrogens (tertiary/aromatic N) is 1. The molecule has 1 aromatic heterocycles. The van der Waals surface area contributed by atoms with E-state index < -0.39 is 18.7 Å². The fourth-order valence-electron chi connectivity index (χ4n) is 1.09. The number of hydrogen-bond acceptors (Lipinski definition) is 3. The molecule has 0 fully saturated rings. The molecule has 0 radical (unpaired) electrons. The quantitative estimate of drug-likeness (QED) is 0.568. The first kappa shape index (κ1) is 12.0. The Morgan fingerprint density at radius 1 is 1.20 bits per heavy atom. The van der Waals surface area contributed by atoms with Gasteiger partial charge in [-0.15, -0.1) is 0 Å². The average Bonchev–Trinajstić information content (AvgIpc) is 2.19. The lowest BCUT2D eigenvalue weighted by Gasteiger charge is -2.16. The molecule has 0 aliphatic carbocycles. The summed E-state index contributed by atoms with van der Waals surface area (Å²) in [7, 11) is 2.77. The second-order valence-corrected chi connectivity index (χ2v) is 2.89. The summed E-state index contributed by atoms with van der Waals surface area (Å²) in [5.41, 5.74) is -0.423. The summed E-state index contributed by atoms with van der Waals surface area (Å²) in [4.78, 5) is 3.63. The standard InChI is InChI=1S/C8H10BF3NO2/c1-14-8(15-2)7-4-3-6(5-13-7)9(10,11)12/h3-5,8H,1-2H3/q-1. The minimum absolute atomic E-state index is 0.309. The van der Waals surface area contributed by atoms with Gasteiger partial charge < -0.3 is 22.4 Å². The second-order valence-electron chi connectivity index (χ2n) is 2.89. The van der Waals surface area contributed by atoms with Crippen LogP contribution in [0.2, 0.25) is 0 Å². The van der Waals surface area contributed by atoms with Gasteiger partial charge in [-0.1, -0.05) is 11.5 Å². The highest BCUT2D eigenvalue weighted by molar-refractivity contribution is 6.73. The van der Waals surface area contributed by atoms with Crippen LogP contribution in [-0.2, 0) is 9.47 Å². The van der Waals surface area contributed by atoms with Crippen LogP contribution < -0.4 is 5.46 Å². The summed E-state index contributed by atoms with van der Waals surface area (Å²) in [5, 5.41) is 0.